The predicted molar refractivity (Wildman–Crippen MR) is 144 cm³/mol. The first-order chi connectivity index (χ1) is 17.9. The largest absolute Gasteiger partial charge is 0.421 e. The highest BCUT2D eigenvalue weighted by Gasteiger charge is 2.22. The number of allylic oxidation sites excluding steroid dienone is 2. The number of nitrogens with one attached hydrogen (secondary N) is 1. The number of benzene rings is 1. The van der Waals surface area contributed by atoms with Crippen molar-refractivity contribution in [2.75, 3.05) is 12.3 Å². The Morgan fingerprint density at radius 2 is 2.11 bits per heavy atom. The highest BCUT2D eigenvalue weighted by Crippen LogP contribution is 2.42. The minimum atomic E-state index is -0.641. The number of H-pyrrole nitrogens is 1. The standard InChI is InChI=1S/C26H25ClFN7O2/c1-4-14(2)34-26(30-3)37-19-8-7-16(10-18(19)28)21-22-24(29)32-13-33-25(22)35-23(21)17-12-31-20(27)11-15(17)6-5-9-36/h4,7-8,10-13,36H,3,5-6,9H2,1-2H3,(H3,29,32,33,35)/b14-4-,34-26+. The molecule has 4 aromatic rings. The van der Waals surface area contributed by atoms with E-state index in [0.29, 0.717) is 51.5 Å². The summed E-state index contributed by atoms with van der Waals surface area (Å²) in [7, 11) is 0. The number of hydrogen-bond donors (Lipinski definition) is 3. The Balaban J connectivity index is 1.88. The van der Waals surface area contributed by atoms with Crippen LogP contribution in [0.25, 0.3) is 33.4 Å². The second-order valence-electron chi connectivity index (χ2n) is 8.08. The number of rotatable bonds is 7. The summed E-state index contributed by atoms with van der Waals surface area (Å²) in [5, 5.41) is 10.2. The zero-order chi connectivity index (χ0) is 26.5. The third-order valence-electron chi connectivity index (χ3n) is 5.70. The SMILES string of the molecule is C=N/C(=N\C(C)=C/C)Oc1ccc(-c2c(-c3cnc(Cl)cc3CCCO)[nH]c3ncnc(N)c23)cc1F. The number of nitrogens with two attached hydrogens (primary N) is 1. The zero-order valence-electron chi connectivity index (χ0n) is 20.3. The zero-order valence-corrected chi connectivity index (χ0v) is 21.1. The number of aliphatic hydroxyl groups is 1. The minimum Gasteiger partial charge on any atom is -0.421 e. The molecule has 0 aliphatic carbocycles. The number of ether oxygens (including phenoxy) is 1. The summed E-state index contributed by atoms with van der Waals surface area (Å²) in [5.41, 5.74) is 10.7. The second kappa shape index (κ2) is 11.3. The number of aryl methyl sites for hydroxylation is 1. The molecule has 0 saturated carbocycles. The van der Waals surface area contributed by atoms with Crippen molar-refractivity contribution in [3.8, 4) is 28.1 Å². The van der Waals surface area contributed by atoms with Crippen LogP contribution in [0.5, 0.6) is 5.75 Å². The Hall–Kier alpha value is -4.15. The topological polar surface area (TPSA) is 135 Å². The molecule has 0 saturated heterocycles. The number of amidine groups is 1. The van der Waals surface area contributed by atoms with Gasteiger partial charge in [0, 0.05) is 29.6 Å². The normalized spacial score (nSPS) is 12.2. The molecule has 3 aromatic heterocycles. The molecule has 0 unspecified atom stereocenters. The van der Waals surface area contributed by atoms with E-state index in [1.807, 2.05) is 6.92 Å². The average molecular weight is 522 g/mol. The third-order valence-corrected chi connectivity index (χ3v) is 5.90. The van der Waals surface area contributed by atoms with Gasteiger partial charge in [-0.1, -0.05) is 23.7 Å². The molecule has 4 N–H and O–H groups in total. The van der Waals surface area contributed by atoms with Crippen LogP contribution in [0.1, 0.15) is 25.8 Å². The maximum Gasteiger partial charge on any atom is 0.321 e. The van der Waals surface area contributed by atoms with E-state index >= 15 is 4.39 Å². The lowest BCUT2D eigenvalue weighted by Crippen LogP contribution is -2.06. The van der Waals surface area contributed by atoms with Gasteiger partial charge in [-0.2, -0.15) is 0 Å². The van der Waals surface area contributed by atoms with Gasteiger partial charge in [-0.05, 0) is 62.7 Å². The molecular weight excluding hydrogens is 497 g/mol. The summed E-state index contributed by atoms with van der Waals surface area (Å²) in [6.07, 6.45) is 5.82. The maximum atomic E-state index is 15.3. The molecule has 0 fully saturated rings. The first-order valence-corrected chi connectivity index (χ1v) is 11.8. The molecule has 0 spiro atoms. The molecule has 0 atom stereocenters. The maximum absolute atomic E-state index is 15.3. The summed E-state index contributed by atoms with van der Waals surface area (Å²) in [4.78, 5) is 23.9. The van der Waals surface area contributed by atoms with Crippen LogP contribution in [0.4, 0.5) is 10.2 Å². The van der Waals surface area contributed by atoms with Gasteiger partial charge >= 0.3 is 6.02 Å². The van der Waals surface area contributed by atoms with Crippen molar-refractivity contribution < 1.29 is 14.2 Å². The molecule has 9 nitrogen and oxygen atoms in total. The van der Waals surface area contributed by atoms with Crippen molar-refractivity contribution in [1.82, 2.24) is 19.9 Å². The summed E-state index contributed by atoms with van der Waals surface area (Å²) >= 11 is 6.16. The first kappa shape index (κ1) is 25.9. The molecule has 4 rings (SSSR count). The second-order valence-corrected chi connectivity index (χ2v) is 8.47. The van der Waals surface area contributed by atoms with Crippen LogP contribution < -0.4 is 10.5 Å². The number of aromatic nitrogens is 4. The number of hydrogen-bond acceptors (Lipinski definition) is 7. The van der Waals surface area contributed by atoms with E-state index in [-0.39, 0.29) is 24.2 Å². The van der Waals surface area contributed by atoms with E-state index < -0.39 is 5.82 Å². The minimum absolute atomic E-state index is 0.0163. The van der Waals surface area contributed by atoms with E-state index in [0.717, 1.165) is 11.1 Å². The summed E-state index contributed by atoms with van der Waals surface area (Å²) in [5.74, 6) is -0.479. The third kappa shape index (κ3) is 5.50. The number of halogens is 2. The van der Waals surface area contributed by atoms with E-state index in [4.69, 9.17) is 22.1 Å². The number of anilines is 1. The number of fused-ring (bicyclic) bond motifs is 1. The van der Waals surface area contributed by atoms with E-state index in [1.165, 1.54) is 18.5 Å². The molecule has 0 amide bonds. The predicted octanol–water partition coefficient (Wildman–Crippen LogP) is 5.35. The summed E-state index contributed by atoms with van der Waals surface area (Å²) in [6, 6.07) is 6.16. The van der Waals surface area contributed by atoms with Gasteiger partial charge in [0.2, 0.25) is 0 Å². The number of aliphatic hydroxyl groups excluding tert-OH is 1. The van der Waals surface area contributed by atoms with Crippen molar-refractivity contribution in [2.45, 2.75) is 26.7 Å². The molecule has 3 heterocycles. The van der Waals surface area contributed by atoms with Crippen LogP contribution in [0.15, 0.2) is 58.5 Å². The number of pyridine rings is 1. The Morgan fingerprint density at radius 1 is 1.30 bits per heavy atom. The summed E-state index contributed by atoms with van der Waals surface area (Å²) in [6.45, 7) is 7.03. The number of nitrogens with zero attached hydrogens (tertiary/aromatic N) is 5. The molecular formula is C26H25ClFN7O2. The fourth-order valence-electron chi connectivity index (χ4n) is 3.85. The lowest BCUT2D eigenvalue weighted by atomic mass is 9.95. The highest BCUT2D eigenvalue weighted by molar-refractivity contribution is 6.29. The molecule has 0 aliphatic rings. The lowest BCUT2D eigenvalue weighted by Gasteiger charge is -2.12. The van der Waals surface area contributed by atoms with Gasteiger partial charge < -0.3 is 20.6 Å². The molecule has 37 heavy (non-hydrogen) atoms. The van der Waals surface area contributed by atoms with E-state index in [9.17, 15) is 5.11 Å². The Kier molecular flexibility index (Phi) is 7.90. The van der Waals surface area contributed by atoms with Crippen LogP contribution in [0, 0.1) is 5.82 Å². The van der Waals surface area contributed by atoms with Gasteiger partial charge in [-0.3, -0.25) is 0 Å². The summed E-state index contributed by atoms with van der Waals surface area (Å²) < 4.78 is 20.8. The highest BCUT2D eigenvalue weighted by atomic mass is 35.5. The van der Waals surface area contributed by atoms with Crippen LogP contribution in [0.3, 0.4) is 0 Å². The Morgan fingerprint density at radius 3 is 2.81 bits per heavy atom. The van der Waals surface area contributed by atoms with Crippen LogP contribution in [-0.2, 0) is 6.42 Å². The first-order valence-electron chi connectivity index (χ1n) is 11.4. The smallest absolute Gasteiger partial charge is 0.321 e. The van der Waals surface area contributed by atoms with Crippen molar-refractivity contribution in [1.29, 1.82) is 0 Å². The molecule has 0 bridgehead atoms. The van der Waals surface area contributed by atoms with Gasteiger partial charge in [0.15, 0.2) is 11.6 Å². The van der Waals surface area contributed by atoms with E-state index in [1.54, 1.807) is 31.3 Å². The van der Waals surface area contributed by atoms with Gasteiger partial charge in [0.05, 0.1) is 11.1 Å². The van der Waals surface area contributed by atoms with Crippen LogP contribution in [0.2, 0.25) is 5.15 Å². The molecule has 0 radical (unpaired) electrons. The molecule has 190 valence electrons. The van der Waals surface area contributed by atoms with Gasteiger partial charge in [-0.25, -0.2) is 29.3 Å². The molecule has 0 aliphatic heterocycles. The molecule has 11 heteroatoms. The van der Waals surface area contributed by atoms with Gasteiger partial charge in [0.25, 0.3) is 0 Å². The Bertz CT molecular complexity index is 1530. The fourth-order valence-corrected chi connectivity index (χ4v) is 4.03. The quantitative estimate of drug-likeness (QED) is 0.170. The van der Waals surface area contributed by atoms with Crippen LogP contribution >= 0.6 is 11.6 Å². The van der Waals surface area contributed by atoms with Crippen molar-refractivity contribution in [3.63, 3.8) is 0 Å². The van der Waals surface area contributed by atoms with Crippen molar-refractivity contribution in [3.05, 3.63) is 65.1 Å². The van der Waals surface area contributed by atoms with Gasteiger partial charge in [-0.15, -0.1) is 0 Å². The average Bonchev–Trinajstić information content (AvgIpc) is 3.28. The Labute approximate surface area is 217 Å². The number of nitrogen functional groups attached to an aromatic ring is 1. The van der Waals surface area contributed by atoms with Crippen LogP contribution in [-0.4, -0.2) is 44.4 Å². The molecule has 1 aromatic carbocycles. The monoisotopic (exact) mass is 521 g/mol. The number of aromatic amines is 1. The van der Waals surface area contributed by atoms with Crippen molar-refractivity contribution in [2.24, 2.45) is 9.98 Å². The van der Waals surface area contributed by atoms with Gasteiger partial charge in [0.1, 0.15) is 22.9 Å². The van der Waals surface area contributed by atoms with E-state index in [2.05, 4.69) is 36.6 Å². The fraction of sp³-hybridized carbons (Fsp3) is 0.192. The van der Waals surface area contributed by atoms with Crippen molar-refractivity contribution >= 4 is 41.2 Å². The lowest BCUT2D eigenvalue weighted by molar-refractivity contribution is 0.288. The number of aliphatic imine (C=N–C) groups is 2.